The zero-order valence-corrected chi connectivity index (χ0v) is 12.2. The van der Waals surface area contributed by atoms with Crippen molar-refractivity contribution in [2.75, 3.05) is 33.6 Å². The van der Waals surface area contributed by atoms with Crippen LogP contribution < -0.4 is 0 Å². The van der Waals surface area contributed by atoms with Gasteiger partial charge in [-0.05, 0) is 19.9 Å². The van der Waals surface area contributed by atoms with Crippen molar-refractivity contribution in [3.05, 3.63) is 23.8 Å². The third kappa shape index (κ3) is 4.67. The molecule has 0 aromatic heterocycles. The van der Waals surface area contributed by atoms with Gasteiger partial charge < -0.3 is 18.5 Å². The van der Waals surface area contributed by atoms with Crippen molar-refractivity contribution < 1.29 is 23.1 Å². The highest BCUT2D eigenvalue weighted by Crippen LogP contribution is 2.47. The molecule has 1 fully saturated rings. The summed E-state index contributed by atoms with van der Waals surface area (Å²) >= 11 is 0. The Hall–Kier alpha value is -0.450. The Bertz CT molecular complexity index is 361. The zero-order valence-electron chi connectivity index (χ0n) is 11.3. The number of hydrogen-bond donors (Lipinski definition) is 0. The molecule has 0 spiro atoms. The summed E-state index contributed by atoms with van der Waals surface area (Å²) in [6, 6.07) is 0. The van der Waals surface area contributed by atoms with E-state index in [1.165, 1.54) is 14.2 Å². The second-order valence-corrected chi connectivity index (χ2v) is 6.49. The van der Waals surface area contributed by atoms with Gasteiger partial charge in [-0.2, -0.15) is 0 Å². The van der Waals surface area contributed by atoms with Crippen LogP contribution in [0.2, 0.25) is 0 Å². The van der Waals surface area contributed by atoms with Gasteiger partial charge in [0.1, 0.15) is 0 Å². The maximum Gasteiger partial charge on any atom is 0.334 e. The van der Waals surface area contributed by atoms with E-state index in [2.05, 4.69) is 0 Å². The van der Waals surface area contributed by atoms with Crippen LogP contribution in [0.3, 0.4) is 0 Å². The van der Waals surface area contributed by atoms with Gasteiger partial charge in [-0.15, -0.1) is 0 Å². The molecule has 0 radical (unpaired) electrons. The molecule has 0 aromatic carbocycles. The van der Waals surface area contributed by atoms with Gasteiger partial charge in [0.05, 0.1) is 19.4 Å². The molecule has 0 atom stereocenters. The van der Waals surface area contributed by atoms with E-state index >= 15 is 0 Å². The van der Waals surface area contributed by atoms with Crippen molar-refractivity contribution in [1.82, 2.24) is 0 Å². The predicted octanol–water partition coefficient (Wildman–Crippen LogP) is 2.74. The predicted molar refractivity (Wildman–Crippen MR) is 69.7 cm³/mol. The highest BCUT2D eigenvalue weighted by molar-refractivity contribution is 7.54. The first-order chi connectivity index (χ1) is 8.43. The Morgan fingerprint density at radius 1 is 1.33 bits per heavy atom. The number of allylic oxidation sites excluding steroid dienone is 3. The first-order valence-corrected chi connectivity index (χ1v) is 7.49. The fourth-order valence-electron chi connectivity index (χ4n) is 1.58. The van der Waals surface area contributed by atoms with E-state index in [-0.39, 0.29) is 6.16 Å². The smallest absolute Gasteiger partial charge is 0.334 e. The van der Waals surface area contributed by atoms with Gasteiger partial charge in [0.25, 0.3) is 0 Å². The van der Waals surface area contributed by atoms with E-state index in [9.17, 15) is 4.57 Å². The Kier molecular flexibility index (Phi) is 5.76. The highest BCUT2D eigenvalue weighted by Gasteiger charge is 2.27. The molecule has 0 N–H and O–H groups in total. The largest absolute Gasteiger partial charge is 0.344 e. The minimum atomic E-state index is -2.98. The molecule has 18 heavy (non-hydrogen) atoms. The monoisotopic (exact) mass is 276 g/mol. The van der Waals surface area contributed by atoms with Gasteiger partial charge in [-0.3, -0.25) is 4.57 Å². The second kappa shape index (κ2) is 6.64. The number of rotatable bonds is 6. The fourth-order valence-corrected chi connectivity index (χ4v) is 2.70. The van der Waals surface area contributed by atoms with Crippen molar-refractivity contribution in [2.24, 2.45) is 0 Å². The van der Waals surface area contributed by atoms with E-state index in [1.807, 2.05) is 32.1 Å². The van der Waals surface area contributed by atoms with Crippen molar-refractivity contribution in [1.29, 1.82) is 0 Å². The SMILES string of the molecule is COP(=O)(C/C(C)=C/C=C/C1(C)OCCO1)OC. The summed E-state index contributed by atoms with van der Waals surface area (Å²) in [5.74, 6) is -0.650. The van der Waals surface area contributed by atoms with E-state index in [0.717, 1.165) is 5.57 Å². The average Bonchev–Trinajstić information content (AvgIpc) is 2.76. The molecule has 0 amide bonds. The molecule has 6 heteroatoms. The van der Waals surface area contributed by atoms with Crippen molar-refractivity contribution >= 4 is 7.60 Å². The Morgan fingerprint density at radius 2 is 1.89 bits per heavy atom. The maximum atomic E-state index is 11.9. The lowest BCUT2D eigenvalue weighted by molar-refractivity contribution is -0.0996. The van der Waals surface area contributed by atoms with E-state index < -0.39 is 13.4 Å². The van der Waals surface area contributed by atoms with E-state index in [0.29, 0.717) is 13.2 Å². The van der Waals surface area contributed by atoms with Gasteiger partial charge in [0.2, 0.25) is 0 Å². The van der Waals surface area contributed by atoms with Crippen LogP contribution in [0.5, 0.6) is 0 Å². The summed E-state index contributed by atoms with van der Waals surface area (Å²) in [5.41, 5.74) is 0.903. The van der Waals surface area contributed by atoms with Crippen LogP contribution in [-0.4, -0.2) is 39.4 Å². The van der Waals surface area contributed by atoms with Crippen molar-refractivity contribution in [3.63, 3.8) is 0 Å². The summed E-state index contributed by atoms with van der Waals surface area (Å²) < 4.78 is 32.5. The summed E-state index contributed by atoms with van der Waals surface area (Å²) in [6.07, 6.45) is 5.77. The lowest BCUT2D eigenvalue weighted by Gasteiger charge is -2.16. The van der Waals surface area contributed by atoms with Crippen molar-refractivity contribution in [3.8, 4) is 0 Å². The Labute approximate surface area is 108 Å². The lowest BCUT2D eigenvalue weighted by atomic mass is 10.2. The lowest BCUT2D eigenvalue weighted by Crippen LogP contribution is -2.21. The molecular weight excluding hydrogens is 255 g/mol. The molecule has 1 heterocycles. The summed E-state index contributed by atoms with van der Waals surface area (Å²) in [5, 5.41) is 0. The highest BCUT2D eigenvalue weighted by atomic mass is 31.2. The molecule has 0 aromatic rings. The van der Waals surface area contributed by atoms with Gasteiger partial charge in [0, 0.05) is 14.2 Å². The quantitative estimate of drug-likeness (QED) is 0.551. The first-order valence-electron chi connectivity index (χ1n) is 5.76. The maximum absolute atomic E-state index is 11.9. The normalized spacial score (nSPS) is 20.8. The van der Waals surface area contributed by atoms with Crippen LogP contribution >= 0.6 is 7.60 Å². The molecule has 0 bridgehead atoms. The third-order valence-corrected chi connectivity index (χ3v) is 4.64. The van der Waals surface area contributed by atoms with Gasteiger partial charge >= 0.3 is 7.60 Å². The Balaban J connectivity index is 2.56. The van der Waals surface area contributed by atoms with Crippen LogP contribution in [-0.2, 0) is 23.1 Å². The zero-order chi connectivity index (χ0) is 13.6. The molecule has 5 nitrogen and oxygen atoms in total. The molecule has 104 valence electrons. The number of hydrogen-bond acceptors (Lipinski definition) is 5. The summed E-state index contributed by atoms with van der Waals surface area (Å²) in [4.78, 5) is 0. The molecule has 1 saturated heterocycles. The van der Waals surface area contributed by atoms with Gasteiger partial charge in [-0.1, -0.05) is 17.7 Å². The van der Waals surface area contributed by atoms with Crippen LogP contribution in [0.15, 0.2) is 23.8 Å². The van der Waals surface area contributed by atoms with Crippen LogP contribution in [0.25, 0.3) is 0 Å². The summed E-state index contributed by atoms with van der Waals surface area (Å²) in [6.45, 7) is 4.93. The van der Waals surface area contributed by atoms with Gasteiger partial charge in [0.15, 0.2) is 5.79 Å². The standard InChI is InChI=1S/C12H21O5P/c1-11(10-18(13,14-3)15-4)6-5-7-12(2)16-8-9-17-12/h5-7H,8-10H2,1-4H3/b7-5+,11-6+. The third-order valence-electron chi connectivity index (χ3n) is 2.64. The molecule has 0 saturated carbocycles. The van der Waals surface area contributed by atoms with Gasteiger partial charge in [-0.25, -0.2) is 0 Å². The molecule has 0 unspecified atom stereocenters. The molecule has 1 rings (SSSR count). The van der Waals surface area contributed by atoms with Crippen LogP contribution in [0.1, 0.15) is 13.8 Å². The van der Waals surface area contributed by atoms with Crippen LogP contribution in [0, 0.1) is 0 Å². The van der Waals surface area contributed by atoms with Crippen molar-refractivity contribution in [2.45, 2.75) is 19.6 Å². The van der Waals surface area contributed by atoms with E-state index in [1.54, 1.807) is 0 Å². The fraction of sp³-hybridized carbons (Fsp3) is 0.667. The van der Waals surface area contributed by atoms with E-state index in [4.69, 9.17) is 18.5 Å². The van der Waals surface area contributed by atoms with Crippen LogP contribution in [0.4, 0.5) is 0 Å². The topological polar surface area (TPSA) is 54.0 Å². The average molecular weight is 276 g/mol. The second-order valence-electron chi connectivity index (χ2n) is 4.22. The number of ether oxygens (including phenoxy) is 2. The minimum absolute atomic E-state index is 0.267. The molecule has 1 aliphatic heterocycles. The molecule has 0 aliphatic carbocycles. The first kappa shape index (κ1) is 15.6. The molecular formula is C12H21O5P. The summed E-state index contributed by atoms with van der Waals surface area (Å²) in [7, 11) is -0.217. The Morgan fingerprint density at radius 3 is 2.39 bits per heavy atom. The minimum Gasteiger partial charge on any atom is -0.344 e. The molecule has 1 aliphatic rings.